The second-order valence-corrected chi connectivity index (χ2v) is 5.48. The molecule has 124 valence electrons. The highest BCUT2D eigenvalue weighted by atomic mass is 35.5. The van der Waals surface area contributed by atoms with E-state index in [1.807, 2.05) is 0 Å². The summed E-state index contributed by atoms with van der Waals surface area (Å²) < 4.78 is 15.9. The zero-order chi connectivity index (χ0) is 16.2. The van der Waals surface area contributed by atoms with E-state index in [-0.39, 0.29) is 18.6 Å². The van der Waals surface area contributed by atoms with Crippen LogP contribution in [0.3, 0.4) is 0 Å². The van der Waals surface area contributed by atoms with Crippen molar-refractivity contribution in [1.82, 2.24) is 5.32 Å². The summed E-state index contributed by atoms with van der Waals surface area (Å²) in [6.07, 6.45) is -0.158. The number of halogens is 1. The minimum Gasteiger partial charge on any atom is -0.480 e. The highest BCUT2D eigenvalue weighted by Gasteiger charge is 2.20. The van der Waals surface area contributed by atoms with Gasteiger partial charge in [-0.25, -0.2) is 4.79 Å². The fourth-order valence-corrected chi connectivity index (χ4v) is 2.54. The summed E-state index contributed by atoms with van der Waals surface area (Å²) in [4.78, 5) is 23.3. The third-order valence-electron chi connectivity index (χ3n) is 3.30. The molecule has 1 aromatic carbocycles. The normalized spacial score (nSPS) is 20.0. The molecular formula is C14H16ClN3O5. The van der Waals surface area contributed by atoms with Crippen LogP contribution in [0.5, 0.6) is 5.75 Å². The highest BCUT2D eigenvalue weighted by molar-refractivity contribution is 6.33. The van der Waals surface area contributed by atoms with Crippen LogP contribution in [-0.4, -0.2) is 51.0 Å². The maximum atomic E-state index is 11.9. The Morgan fingerprint density at radius 1 is 1.39 bits per heavy atom. The Morgan fingerprint density at radius 3 is 3.04 bits per heavy atom. The quantitative estimate of drug-likeness (QED) is 0.767. The minimum atomic E-state index is -0.404. The molecule has 0 bridgehead atoms. The molecule has 0 unspecified atom stereocenters. The zero-order valence-corrected chi connectivity index (χ0v) is 12.9. The molecule has 0 spiro atoms. The van der Waals surface area contributed by atoms with Crippen molar-refractivity contribution in [2.45, 2.75) is 6.10 Å². The molecule has 1 saturated heterocycles. The van der Waals surface area contributed by atoms with E-state index in [1.54, 1.807) is 12.1 Å². The summed E-state index contributed by atoms with van der Waals surface area (Å²) in [5.41, 5.74) is 0.867. The number of rotatable bonds is 3. The standard InChI is InChI=1S/C14H16ClN3O5/c15-10-3-8(4-11-13(10)23-7-12(19)18-11)17-14(20)16-5-9-6-21-1-2-22-9/h3-4,9H,1-2,5-7H2,(H,18,19)(H2,16,17,20)/t9-/m0/s1. The number of carbonyl (C=O) groups excluding carboxylic acids is 2. The SMILES string of the molecule is O=C1COc2c(Cl)cc(NC(=O)NC[C@H]3COCCO3)cc2N1. The molecule has 3 rings (SSSR count). The number of amides is 3. The van der Waals surface area contributed by atoms with Gasteiger partial charge in [-0.05, 0) is 12.1 Å². The second kappa shape index (κ2) is 7.03. The van der Waals surface area contributed by atoms with E-state index in [1.165, 1.54) is 0 Å². The van der Waals surface area contributed by atoms with Crippen LogP contribution in [0.2, 0.25) is 5.02 Å². The molecule has 0 aromatic heterocycles. The van der Waals surface area contributed by atoms with Gasteiger partial charge in [0.15, 0.2) is 12.4 Å². The molecule has 8 nitrogen and oxygen atoms in total. The smallest absolute Gasteiger partial charge is 0.319 e. The second-order valence-electron chi connectivity index (χ2n) is 5.07. The Morgan fingerprint density at radius 2 is 2.26 bits per heavy atom. The van der Waals surface area contributed by atoms with Crippen LogP contribution in [0, 0.1) is 0 Å². The van der Waals surface area contributed by atoms with Gasteiger partial charge in [0.05, 0.1) is 36.6 Å². The maximum absolute atomic E-state index is 11.9. The summed E-state index contributed by atoms with van der Waals surface area (Å²) >= 11 is 6.09. The number of carbonyl (C=O) groups is 2. The van der Waals surface area contributed by atoms with Crippen LogP contribution in [0.25, 0.3) is 0 Å². The zero-order valence-electron chi connectivity index (χ0n) is 12.2. The van der Waals surface area contributed by atoms with E-state index in [4.69, 9.17) is 25.8 Å². The monoisotopic (exact) mass is 341 g/mol. The number of benzene rings is 1. The van der Waals surface area contributed by atoms with Crippen LogP contribution in [-0.2, 0) is 14.3 Å². The van der Waals surface area contributed by atoms with Gasteiger partial charge in [0, 0.05) is 12.2 Å². The highest BCUT2D eigenvalue weighted by Crippen LogP contribution is 2.38. The lowest BCUT2D eigenvalue weighted by Gasteiger charge is -2.23. The number of urea groups is 1. The Balaban J connectivity index is 1.58. The summed E-state index contributed by atoms with van der Waals surface area (Å²) in [6.45, 7) is 1.81. The van der Waals surface area contributed by atoms with Crippen molar-refractivity contribution < 1.29 is 23.8 Å². The van der Waals surface area contributed by atoms with Crippen molar-refractivity contribution in [2.24, 2.45) is 0 Å². The Bertz CT molecular complexity index is 619. The molecule has 1 fully saturated rings. The lowest BCUT2D eigenvalue weighted by molar-refractivity contribution is -0.118. The van der Waals surface area contributed by atoms with Crippen LogP contribution < -0.4 is 20.7 Å². The molecular weight excluding hydrogens is 326 g/mol. The Hall–Kier alpha value is -2.03. The van der Waals surface area contributed by atoms with Crippen LogP contribution in [0.4, 0.5) is 16.2 Å². The summed E-state index contributed by atoms with van der Waals surface area (Å²) in [7, 11) is 0. The molecule has 2 aliphatic rings. The summed E-state index contributed by atoms with van der Waals surface area (Å²) in [5.74, 6) is 0.120. The molecule has 23 heavy (non-hydrogen) atoms. The van der Waals surface area contributed by atoms with Gasteiger partial charge in [0.1, 0.15) is 0 Å². The molecule has 9 heteroatoms. The average molecular weight is 342 g/mol. The topological polar surface area (TPSA) is 97.9 Å². The summed E-state index contributed by atoms with van der Waals surface area (Å²) in [5, 5.41) is 8.29. The lowest BCUT2D eigenvalue weighted by Crippen LogP contribution is -2.41. The molecule has 2 aliphatic heterocycles. The predicted molar refractivity (Wildman–Crippen MR) is 83.2 cm³/mol. The van der Waals surface area contributed by atoms with Gasteiger partial charge in [-0.2, -0.15) is 0 Å². The van der Waals surface area contributed by atoms with Crippen LogP contribution in [0.1, 0.15) is 0 Å². The number of hydrogen-bond donors (Lipinski definition) is 3. The molecule has 2 heterocycles. The van der Waals surface area contributed by atoms with E-state index < -0.39 is 6.03 Å². The van der Waals surface area contributed by atoms with Crippen molar-refractivity contribution in [2.75, 3.05) is 43.6 Å². The number of fused-ring (bicyclic) bond motifs is 1. The predicted octanol–water partition coefficient (Wildman–Crippen LogP) is 1.21. The van der Waals surface area contributed by atoms with Gasteiger partial charge in [0.25, 0.3) is 5.91 Å². The number of ether oxygens (including phenoxy) is 3. The fourth-order valence-electron chi connectivity index (χ4n) is 2.27. The molecule has 3 N–H and O–H groups in total. The minimum absolute atomic E-state index is 0.0799. The largest absolute Gasteiger partial charge is 0.480 e. The molecule has 1 atom stereocenters. The fraction of sp³-hybridized carbons (Fsp3) is 0.429. The third kappa shape index (κ3) is 4.04. The Kier molecular flexibility index (Phi) is 4.85. The van der Waals surface area contributed by atoms with Gasteiger partial charge in [0.2, 0.25) is 0 Å². The number of hydrogen-bond acceptors (Lipinski definition) is 5. The number of anilines is 2. The van der Waals surface area contributed by atoms with Gasteiger partial charge >= 0.3 is 6.03 Å². The first-order valence-corrected chi connectivity index (χ1v) is 7.50. The average Bonchev–Trinajstić information content (AvgIpc) is 2.53. The summed E-state index contributed by atoms with van der Waals surface area (Å²) in [6, 6.07) is 2.73. The van der Waals surface area contributed by atoms with Crippen LogP contribution in [0.15, 0.2) is 12.1 Å². The van der Waals surface area contributed by atoms with Gasteiger partial charge in [-0.3, -0.25) is 4.79 Å². The van der Waals surface area contributed by atoms with E-state index >= 15 is 0 Å². The first kappa shape index (κ1) is 15.9. The first-order valence-electron chi connectivity index (χ1n) is 7.12. The van der Waals surface area contributed by atoms with Crippen LogP contribution >= 0.6 is 11.6 Å². The van der Waals surface area contributed by atoms with Gasteiger partial charge in [-0.15, -0.1) is 0 Å². The molecule has 0 radical (unpaired) electrons. The van der Waals surface area contributed by atoms with Crippen molar-refractivity contribution >= 4 is 34.9 Å². The molecule has 3 amide bonds. The Labute approximate surface area is 137 Å². The van der Waals surface area contributed by atoms with Crippen molar-refractivity contribution in [3.8, 4) is 5.75 Å². The van der Waals surface area contributed by atoms with Crippen molar-refractivity contribution in [3.05, 3.63) is 17.2 Å². The van der Waals surface area contributed by atoms with Crippen molar-refractivity contribution in [3.63, 3.8) is 0 Å². The maximum Gasteiger partial charge on any atom is 0.319 e. The van der Waals surface area contributed by atoms with Crippen molar-refractivity contribution in [1.29, 1.82) is 0 Å². The van der Waals surface area contributed by atoms with Gasteiger partial charge < -0.3 is 30.2 Å². The van der Waals surface area contributed by atoms with E-state index in [2.05, 4.69) is 16.0 Å². The lowest BCUT2D eigenvalue weighted by atomic mass is 10.2. The third-order valence-corrected chi connectivity index (χ3v) is 3.58. The van der Waals surface area contributed by atoms with Gasteiger partial charge in [-0.1, -0.05) is 11.6 Å². The van der Waals surface area contributed by atoms with E-state index in [0.717, 1.165) is 0 Å². The molecule has 0 saturated carbocycles. The molecule has 0 aliphatic carbocycles. The van der Waals surface area contributed by atoms with E-state index in [0.29, 0.717) is 48.5 Å². The molecule has 1 aromatic rings. The first-order chi connectivity index (χ1) is 11.1. The number of nitrogens with one attached hydrogen (secondary N) is 3. The van der Waals surface area contributed by atoms with E-state index in [9.17, 15) is 9.59 Å².